The second-order valence-corrected chi connectivity index (χ2v) is 10.3. The number of aromatic nitrogens is 3. The first kappa shape index (κ1) is 22.6. The van der Waals surface area contributed by atoms with Gasteiger partial charge in [-0.05, 0) is 48.9 Å². The van der Waals surface area contributed by atoms with Crippen LogP contribution in [0, 0.1) is 0 Å². The predicted molar refractivity (Wildman–Crippen MR) is 120 cm³/mol. The molecule has 3 aromatic rings. The third-order valence-electron chi connectivity index (χ3n) is 4.06. The van der Waals surface area contributed by atoms with Crippen LogP contribution in [0.1, 0.15) is 18.3 Å². The Balaban J connectivity index is 1.71. The third kappa shape index (κ3) is 5.53. The van der Waals surface area contributed by atoms with Gasteiger partial charge in [0.25, 0.3) is 0 Å². The number of halogens is 3. The van der Waals surface area contributed by atoms with Gasteiger partial charge < -0.3 is 4.57 Å². The van der Waals surface area contributed by atoms with Crippen LogP contribution in [0.15, 0.2) is 57.0 Å². The summed E-state index contributed by atoms with van der Waals surface area (Å²) in [6, 6.07) is 11.8. The first-order valence-corrected chi connectivity index (χ1v) is 12.6. The number of nitrogens with one attached hydrogen (secondary N) is 1. The molecule has 0 aliphatic carbocycles. The third-order valence-corrected chi connectivity index (χ3v) is 7.71. The maximum absolute atomic E-state index is 12.5. The van der Waals surface area contributed by atoms with Gasteiger partial charge in [-0.1, -0.05) is 57.0 Å². The average Bonchev–Trinajstić information content (AvgIpc) is 3.08. The lowest BCUT2D eigenvalue weighted by Gasteiger charge is -2.10. The van der Waals surface area contributed by atoms with E-state index in [1.165, 1.54) is 23.9 Å². The zero-order chi connectivity index (χ0) is 21.0. The van der Waals surface area contributed by atoms with E-state index in [-0.39, 0.29) is 11.4 Å². The van der Waals surface area contributed by atoms with Crippen molar-refractivity contribution in [3.63, 3.8) is 0 Å². The summed E-state index contributed by atoms with van der Waals surface area (Å²) in [5.74, 6) is 1.06. The number of hydrogen-bond acceptors (Lipinski definition) is 5. The van der Waals surface area contributed by atoms with E-state index in [0.29, 0.717) is 33.3 Å². The summed E-state index contributed by atoms with van der Waals surface area (Å²) in [6.07, 6.45) is 0. The molecule has 0 fully saturated rings. The standard InChI is InChI=1S/C18H17BrCl2N4O2S2/c1-2-25-17(10-22-29(26,27)13-8-6-12(19)7-9-13)23-24-18(25)28-11-14-15(20)4-3-5-16(14)21/h3-9,22H,2,10-11H2,1H3. The van der Waals surface area contributed by atoms with Crippen molar-refractivity contribution in [2.24, 2.45) is 0 Å². The number of benzene rings is 2. The Morgan fingerprint density at radius 2 is 1.76 bits per heavy atom. The van der Waals surface area contributed by atoms with Crippen LogP contribution in [0.3, 0.4) is 0 Å². The topological polar surface area (TPSA) is 76.9 Å². The lowest BCUT2D eigenvalue weighted by Crippen LogP contribution is -2.25. The smallest absolute Gasteiger partial charge is 0.240 e. The molecule has 6 nitrogen and oxygen atoms in total. The molecule has 0 bridgehead atoms. The van der Waals surface area contributed by atoms with E-state index in [0.717, 1.165) is 10.0 Å². The molecule has 3 rings (SSSR count). The van der Waals surface area contributed by atoms with E-state index < -0.39 is 10.0 Å². The highest BCUT2D eigenvalue weighted by atomic mass is 79.9. The number of hydrogen-bond donors (Lipinski definition) is 1. The van der Waals surface area contributed by atoms with E-state index in [4.69, 9.17) is 23.2 Å². The van der Waals surface area contributed by atoms with Crippen LogP contribution < -0.4 is 4.72 Å². The van der Waals surface area contributed by atoms with Crippen LogP contribution in [0.2, 0.25) is 10.0 Å². The Morgan fingerprint density at radius 3 is 2.38 bits per heavy atom. The van der Waals surface area contributed by atoms with E-state index in [2.05, 4.69) is 30.8 Å². The molecule has 154 valence electrons. The number of sulfonamides is 1. The minimum absolute atomic E-state index is 0.0344. The van der Waals surface area contributed by atoms with Gasteiger partial charge in [0.2, 0.25) is 10.0 Å². The van der Waals surface area contributed by atoms with Gasteiger partial charge in [0.1, 0.15) is 5.82 Å². The Kier molecular flexibility index (Phi) is 7.63. The molecule has 11 heteroatoms. The maximum atomic E-state index is 12.5. The maximum Gasteiger partial charge on any atom is 0.240 e. The molecule has 0 aliphatic heterocycles. The molecule has 0 aliphatic rings. The fourth-order valence-corrected chi connectivity index (χ4v) is 5.55. The summed E-state index contributed by atoms with van der Waals surface area (Å²) in [6.45, 7) is 2.58. The van der Waals surface area contributed by atoms with Gasteiger partial charge in [0.05, 0.1) is 11.4 Å². The highest BCUT2D eigenvalue weighted by Crippen LogP contribution is 2.31. The Bertz CT molecular complexity index is 1090. The lowest BCUT2D eigenvalue weighted by molar-refractivity contribution is 0.572. The van der Waals surface area contributed by atoms with E-state index >= 15 is 0 Å². The quantitative estimate of drug-likeness (QED) is 0.404. The minimum Gasteiger partial charge on any atom is -0.305 e. The summed E-state index contributed by atoms with van der Waals surface area (Å²) in [4.78, 5) is 0.186. The van der Waals surface area contributed by atoms with Crippen LogP contribution in [0.4, 0.5) is 0 Å². The largest absolute Gasteiger partial charge is 0.305 e. The monoisotopic (exact) mass is 534 g/mol. The molecule has 1 aromatic heterocycles. The Labute approximate surface area is 192 Å². The van der Waals surface area contributed by atoms with Crippen molar-refractivity contribution in [3.05, 3.63) is 68.4 Å². The molecule has 2 aromatic carbocycles. The van der Waals surface area contributed by atoms with Crippen molar-refractivity contribution in [1.82, 2.24) is 19.5 Å². The van der Waals surface area contributed by atoms with Crippen LogP contribution in [0.25, 0.3) is 0 Å². The van der Waals surface area contributed by atoms with Crippen molar-refractivity contribution >= 4 is 60.9 Å². The van der Waals surface area contributed by atoms with E-state index in [1.807, 2.05) is 11.5 Å². The molecule has 0 atom stereocenters. The van der Waals surface area contributed by atoms with Gasteiger partial charge >= 0.3 is 0 Å². The summed E-state index contributed by atoms with van der Waals surface area (Å²) >= 11 is 17.2. The fraction of sp³-hybridized carbons (Fsp3) is 0.222. The van der Waals surface area contributed by atoms with Gasteiger partial charge in [0.15, 0.2) is 5.16 Å². The molecule has 0 amide bonds. The molecule has 0 saturated heterocycles. The van der Waals surface area contributed by atoms with Crippen LogP contribution >= 0.6 is 50.9 Å². The summed E-state index contributed by atoms with van der Waals surface area (Å²) in [5, 5.41) is 10.2. The molecular formula is C18H17BrCl2N4O2S2. The highest BCUT2D eigenvalue weighted by Gasteiger charge is 2.18. The van der Waals surface area contributed by atoms with Crippen LogP contribution in [0.5, 0.6) is 0 Å². The Morgan fingerprint density at radius 1 is 1.10 bits per heavy atom. The second-order valence-electron chi connectivity index (χ2n) is 5.91. The minimum atomic E-state index is -3.65. The molecule has 0 spiro atoms. The predicted octanol–water partition coefficient (Wildman–Crippen LogP) is 5.14. The normalized spacial score (nSPS) is 11.7. The van der Waals surface area contributed by atoms with Crippen molar-refractivity contribution < 1.29 is 8.42 Å². The summed E-state index contributed by atoms with van der Waals surface area (Å²) in [5.41, 5.74) is 0.823. The zero-order valence-electron chi connectivity index (χ0n) is 15.3. The fourth-order valence-electron chi connectivity index (χ4n) is 2.54. The average molecular weight is 536 g/mol. The highest BCUT2D eigenvalue weighted by molar-refractivity contribution is 9.10. The van der Waals surface area contributed by atoms with Crippen LogP contribution in [-0.4, -0.2) is 23.2 Å². The van der Waals surface area contributed by atoms with Crippen molar-refractivity contribution in [3.8, 4) is 0 Å². The molecule has 1 heterocycles. The van der Waals surface area contributed by atoms with E-state index in [9.17, 15) is 8.42 Å². The Hall–Kier alpha value is -1.10. The summed E-state index contributed by atoms with van der Waals surface area (Å²) < 4.78 is 30.2. The lowest BCUT2D eigenvalue weighted by atomic mass is 10.2. The molecule has 0 unspecified atom stereocenters. The SMILES string of the molecule is CCn1c(CNS(=O)(=O)c2ccc(Br)cc2)nnc1SCc1c(Cl)cccc1Cl. The molecule has 0 radical (unpaired) electrons. The van der Waals surface area contributed by atoms with Gasteiger partial charge in [-0.3, -0.25) is 0 Å². The molecule has 1 N–H and O–H groups in total. The van der Waals surface area contributed by atoms with E-state index in [1.54, 1.807) is 30.3 Å². The number of rotatable bonds is 8. The van der Waals surface area contributed by atoms with Gasteiger partial charge in [-0.15, -0.1) is 10.2 Å². The number of nitrogens with zero attached hydrogens (tertiary/aromatic N) is 3. The van der Waals surface area contributed by atoms with Gasteiger partial charge in [-0.25, -0.2) is 13.1 Å². The van der Waals surface area contributed by atoms with Crippen molar-refractivity contribution in [2.45, 2.75) is 35.8 Å². The molecular weight excluding hydrogens is 519 g/mol. The summed E-state index contributed by atoms with van der Waals surface area (Å²) in [7, 11) is -3.65. The van der Waals surface area contributed by atoms with Gasteiger partial charge in [0, 0.05) is 26.8 Å². The first-order chi connectivity index (χ1) is 13.8. The number of thioether (sulfide) groups is 1. The second kappa shape index (κ2) is 9.80. The van der Waals surface area contributed by atoms with Crippen molar-refractivity contribution in [1.29, 1.82) is 0 Å². The zero-order valence-corrected chi connectivity index (χ0v) is 20.0. The first-order valence-electron chi connectivity index (χ1n) is 8.55. The molecule has 0 saturated carbocycles. The van der Waals surface area contributed by atoms with Crippen molar-refractivity contribution in [2.75, 3.05) is 0 Å². The van der Waals surface area contributed by atoms with Crippen LogP contribution in [-0.2, 0) is 28.9 Å². The molecule has 29 heavy (non-hydrogen) atoms. The van der Waals surface area contributed by atoms with Gasteiger partial charge in [-0.2, -0.15) is 0 Å².